The lowest BCUT2D eigenvalue weighted by Crippen LogP contribution is -2.44. The van der Waals surface area contributed by atoms with Gasteiger partial charge in [-0.15, -0.1) is 0 Å². The van der Waals surface area contributed by atoms with Crippen molar-refractivity contribution < 1.29 is 4.39 Å². The first kappa shape index (κ1) is 11.2. The third-order valence-electron chi connectivity index (χ3n) is 4.45. The lowest BCUT2D eigenvalue weighted by molar-refractivity contribution is 0.322. The van der Waals surface area contributed by atoms with Crippen molar-refractivity contribution in [3.05, 3.63) is 35.1 Å². The number of benzene rings is 1. The van der Waals surface area contributed by atoms with E-state index >= 15 is 0 Å². The Hall–Kier alpha value is -0.890. The van der Waals surface area contributed by atoms with Crippen LogP contribution < -0.4 is 5.32 Å². The van der Waals surface area contributed by atoms with Crippen LogP contribution in [0.25, 0.3) is 0 Å². The van der Waals surface area contributed by atoms with Crippen LogP contribution in [0.3, 0.4) is 0 Å². The van der Waals surface area contributed by atoms with Gasteiger partial charge in [0.2, 0.25) is 0 Å². The maximum absolute atomic E-state index is 13.3. The largest absolute Gasteiger partial charge is 0.311 e. The van der Waals surface area contributed by atoms with E-state index in [9.17, 15) is 4.39 Å². The van der Waals surface area contributed by atoms with Gasteiger partial charge in [-0.1, -0.05) is 6.07 Å². The van der Waals surface area contributed by atoms with Crippen LogP contribution in [0.15, 0.2) is 18.2 Å². The van der Waals surface area contributed by atoms with E-state index in [-0.39, 0.29) is 11.4 Å². The number of nitrogens with one attached hydrogen (secondary N) is 1. The maximum Gasteiger partial charge on any atom is 0.123 e. The van der Waals surface area contributed by atoms with Gasteiger partial charge >= 0.3 is 0 Å². The van der Waals surface area contributed by atoms with Crippen LogP contribution in [0.5, 0.6) is 0 Å². The van der Waals surface area contributed by atoms with E-state index < -0.39 is 0 Å². The highest BCUT2D eigenvalue weighted by molar-refractivity contribution is 5.29. The van der Waals surface area contributed by atoms with Crippen LogP contribution >= 0.6 is 0 Å². The smallest absolute Gasteiger partial charge is 0.123 e. The first-order chi connectivity index (χ1) is 8.20. The predicted molar refractivity (Wildman–Crippen MR) is 67.5 cm³/mol. The molecule has 17 heavy (non-hydrogen) atoms. The highest BCUT2D eigenvalue weighted by Gasteiger charge is 2.46. The minimum Gasteiger partial charge on any atom is -0.311 e. The van der Waals surface area contributed by atoms with Gasteiger partial charge in [-0.05, 0) is 74.8 Å². The Morgan fingerprint density at radius 2 is 2.24 bits per heavy atom. The summed E-state index contributed by atoms with van der Waals surface area (Å²) in [5, 5.41) is 3.70. The van der Waals surface area contributed by atoms with Crippen molar-refractivity contribution in [1.82, 2.24) is 5.32 Å². The molecule has 0 bridgehead atoms. The molecular weight excluding hydrogens is 213 g/mol. The summed E-state index contributed by atoms with van der Waals surface area (Å²) in [6, 6.07) is 5.18. The Bertz CT molecular complexity index is 417. The van der Waals surface area contributed by atoms with Crippen LogP contribution in [0, 0.1) is 18.7 Å². The summed E-state index contributed by atoms with van der Waals surface area (Å²) >= 11 is 0. The van der Waals surface area contributed by atoms with Crippen molar-refractivity contribution in [2.24, 2.45) is 5.92 Å². The number of hydrogen-bond acceptors (Lipinski definition) is 1. The fraction of sp³-hybridized carbons (Fsp3) is 0.600. The first-order valence-electron chi connectivity index (χ1n) is 6.70. The normalized spacial score (nSPS) is 28.6. The first-order valence-corrected chi connectivity index (χ1v) is 6.70. The molecule has 3 rings (SSSR count). The molecule has 92 valence electrons. The molecule has 1 aromatic rings. The highest BCUT2D eigenvalue weighted by Crippen LogP contribution is 2.46. The van der Waals surface area contributed by atoms with E-state index in [4.69, 9.17) is 0 Å². The second-order valence-corrected chi connectivity index (χ2v) is 5.71. The van der Waals surface area contributed by atoms with Gasteiger partial charge in [0.05, 0.1) is 0 Å². The average molecular weight is 233 g/mol. The number of rotatable bonds is 3. The number of hydrogen-bond donors (Lipinski definition) is 1. The summed E-state index contributed by atoms with van der Waals surface area (Å²) in [7, 11) is 0. The molecule has 1 N–H and O–H groups in total. The zero-order valence-corrected chi connectivity index (χ0v) is 10.4. The molecule has 2 heteroatoms. The van der Waals surface area contributed by atoms with Gasteiger partial charge in [0, 0.05) is 5.54 Å². The number of aryl methyl sites for hydroxylation is 1. The summed E-state index contributed by atoms with van der Waals surface area (Å²) < 4.78 is 13.3. The van der Waals surface area contributed by atoms with E-state index in [0.717, 1.165) is 18.9 Å². The third-order valence-corrected chi connectivity index (χ3v) is 4.45. The second kappa shape index (κ2) is 4.09. The lowest BCUT2D eigenvalue weighted by atomic mass is 9.83. The maximum atomic E-state index is 13.3. The molecule has 1 aliphatic carbocycles. The van der Waals surface area contributed by atoms with Gasteiger partial charge in [0.15, 0.2) is 0 Å². The molecule has 1 saturated heterocycles. The van der Waals surface area contributed by atoms with Crippen LogP contribution in [-0.2, 0) is 6.42 Å². The van der Waals surface area contributed by atoms with Gasteiger partial charge in [-0.3, -0.25) is 0 Å². The fourth-order valence-corrected chi connectivity index (χ4v) is 3.28. The molecule has 1 heterocycles. The molecule has 0 aromatic heterocycles. The molecule has 2 fully saturated rings. The van der Waals surface area contributed by atoms with Crippen LogP contribution in [0.1, 0.15) is 36.8 Å². The Morgan fingerprint density at radius 3 is 2.88 bits per heavy atom. The van der Waals surface area contributed by atoms with Gasteiger partial charge in [0.1, 0.15) is 5.82 Å². The molecule has 0 amide bonds. The number of halogens is 1. The molecule has 1 aromatic carbocycles. The average Bonchev–Trinajstić information content (AvgIpc) is 3.07. The minimum absolute atomic E-state index is 0.102. The van der Waals surface area contributed by atoms with Crippen LogP contribution in [-0.4, -0.2) is 12.1 Å². The quantitative estimate of drug-likeness (QED) is 0.845. The SMILES string of the molecule is Cc1ccc(F)cc1CC1(C2CC2)CCCN1. The van der Waals surface area contributed by atoms with E-state index in [2.05, 4.69) is 12.2 Å². The summed E-state index contributed by atoms with van der Waals surface area (Å²) in [5.74, 6) is 0.724. The molecule has 1 nitrogen and oxygen atoms in total. The molecule has 1 aliphatic heterocycles. The van der Waals surface area contributed by atoms with Crippen LogP contribution in [0.2, 0.25) is 0 Å². The van der Waals surface area contributed by atoms with Gasteiger partial charge in [0.25, 0.3) is 0 Å². The Morgan fingerprint density at radius 1 is 1.41 bits per heavy atom. The Kier molecular flexibility index (Phi) is 2.70. The Labute approximate surface area is 102 Å². The molecule has 1 saturated carbocycles. The third kappa shape index (κ3) is 2.11. The highest BCUT2D eigenvalue weighted by atomic mass is 19.1. The standard InChI is InChI=1S/C15H20FN/c1-11-3-6-14(16)9-12(11)10-15(13-4-5-13)7-2-8-17-15/h3,6,9,13,17H,2,4-5,7-8,10H2,1H3. The lowest BCUT2D eigenvalue weighted by Gasteiger charge is -2.30. The van der Waals surface area contributed by atoms with E-state index in [1.807, 2.05) is 6.07 Å². The summed E-state index contributed by atoms with van der Waals surface area (Å²) in [6.45, 7) is 3.22. The summed E-state index contributed by atoms with van der Waals surface area (Å²) in [6.07, 6.45) is 6.22. The Balaban J connectivity index is 1.87. The van der Waals surface area contributed by atoms with Crippen molar-refractivity contribution in [3.63, 3.8) is 0 Å². The zero-order chi connectivity index (χ0) is 11.9. The van der Waals surface area contributed by atoms with Gasteiger partial charge < -0.3 is 5.32 Å². The van der Waals surface area contributed by atoms with Crippen molar-refractivity contribution in [3.8, 4) is 0 Å². The monoisotopic (exact) mass is 233 g/mol. The summed E-state index contributed by atoms with van der Waals surface area (Å²) in [4.78, 5) is 0. The zero-order valence-electron chi connectivity index (χ0n) is 10.4. The van der Waals surface area contributed by atoms with Crippen molar-refractivity contribution in [2.75, 3.05) is 6.54 Å². The predicted octanol–water partition coefficient (Wildman–Crippen LogP) is 3.21. The van der Waals surface area contributed by atoms with Gasteiger partial charge in [-0.2, -0.15) is 0 Å². The topological polar surface area (TPSA) is 12.0 Å². The van der Waals surface area contributed by atoms with Crippen molar-refractivity contribution in [2.45, 2.75) is 44.6 Å². The molecular formula is C15H20FN. The summed E-state index contributed by atoms with van der Waals surface area (Å²) in [5.41, 5.74) is 2.69. The van der Waals surface area contributed by atoms with Crippen molar-refractivity contribution >= 4 is 0 Å². The molecule has 1 atom stereocenters. The second-order valence-electron chi connectivity index (χ2n) is 5.71. The van der Waals surface area contributed by atoms with Crippen LogP contribution in [0.4, 0.5) is 4.39 Å². The molecule has 0 radical (unpaired) electrons. The molecule has 2 aliphatic rings. The fourth-order valence-electron chi connectivity index (χ4n) is 3.28. The van der Waals surface area contributed by atoms with Gasteiger partial charge in [-0.25, -0.2) is 4.39 Å². The van der Waals surface area contributed by atoms with E-state index in [1.54, 1.807) is 12.1 Å². The minimum atomic E-state index is -0.102. The van der Waals surface area contributed by atoms with E-state index in [0.29, 0.717) is 0 Å². The van der Waals surface area contributed by atoms with Crippen molar-refractivity contribution in [1.29, 1.82) is 0 Å². The van der Waals surface area contributed by atoms with E-state index in [1.165, 1.54) is 36.8 Å². The molecule has 1 unspecified atom stereocenters. The molecule has 0 spiro atoms.